The van der Waals surface area contributed by atoms with E-state index in [1.807, 2.05) is 68.0 Å². The molecular formula is C49H60N10O6S. The summed E-state index contributed by atoms with van der Waals surface area (Å²) in [6.45, 7) is 8.87. The number of phenolic OH excluding ortho intramolecular Hbond substituents is 1. The largest absolute Gasteiger partial charge is 0.507 e. The number of aromatic nitrogens is 6. The van der Waals surface area contributed by atoms with E-state index in [0.29, 0.717) is 40.6 Å². The van der Waals surface area contributed by atoms with E-state index in [0.717, 1.165) is 78.8 Å². The molecule has 1 aliphatic heterocycles. The van der Waals surface area contributed by atoms with Gasteiger partial charge >= 0.3 is 0 Å². The number of rotatable bonds is 21. The molecule has 2 aromatic carbocycles. The number of benzene rings is 2. The van der Waals surface area contributed by atoms with Crippen molar-refractivity contribution >= 4 is 34.9 Å². The van der Waals surface area contributed by atoms with Crippen LogP contribution in [0.3, 0.4) is 0 Å². The lowest BCUT2D eigenvalue weighted by Crippen LogP contribution is -2.49. The molecule has 4 aromatic heterocycles. The smallest absolute Gasteiger partial charge is 0.243 e. The van der Waals surface area contributed by atoms with E-state index in [4.69, 9.17) is 10.3 Å². The monoisotopic (exact) mass is 916 g/mol. The van der Waals surface area contributed by atoms with Gasteiger partial charge in [0.1, 0.15) is 23.5 Å². The number of carbonyl (C=O) groups is 3. The van der Waals surface area contributed by atoms with Crippen molar-refractivity contribution in [1.29, 1.82) is 0 Å². The molecule has 17 heteroatoms. The lowest BCUT2D eigenvalue weighted by molar-refractivity contribution is -0.141. The van der Waals surface area contributed by atoms with Crippen molar-refractivity contribution in [3.8, 4) is 38.6 Å². The number of aromatic hydroxyl groups is 1. The molecule has 6 aromatic rings. The molecule has 1 aliphatic rings. The van der Waals surface area contributed by atoms with Crippen molar-refractivity contribution in [3.05, 3.63) is 101 Å². The Morgan fingerprint density at radius 2 is 1.68 bits per heavy atom. The molecule has 5 heterocycles. The van der Waals surface area contributed by atoms with Crippen LogP contribution in [0.25, 0.3) is 32.8 Å². The van der Waals surface area contributed by atoms with Crippen molar-refractivity contribution in [1.82, 2.24) is 45.7 Å². The SMILES string of the molecule is Cc1cc(C(C(=O)N2CC(O)CC2C(=O)NC(CC(=O)NCCCCCCCCCn2cc(-c3cc(-c4ccccc4O)nnc3N)cn2)c2ccc(-c3scnc3C)cc2)C(C)C)on1. The predicted molar refractivity (Wildman–Crippen MR) is 253 cm³/mol. The summed E-state index contributed by atoms with van der Waals surface area (Å²) in [6.07, 6.45) is 10.0. The van der Waals surface area contributed by atoms with Gasteiger partial charge in [-0.05, 0) is 61.9 Å². The zero-order valence-corrected chi connectivity index (χ0v) is 38.8. The van der Waals surface area contributed by atoms with Crippen LogP contribution in [-0.2, 0) is 20.9 Å². The van der Waals surface area contributed by atoms with Gasteiger partial charge in [0.15, 0.2) is 5.82 Å². The Bertz CT molecular complexity index is 2570. The summed E-state index contributed by atoms with van der Waals surface area (Å²) in [5, 5.41) is 44.0. The van der Waals surface area contributed by atoms with Crippen molar-refractivity contribution < 1.29 is 29.1 Å². The highest BCUT2D eigenvalue weighted by Crippen LogP contribution is 2.34. The minimum absolute atomic E-state index is 0.00368. The van der Waals surface area contributed by atoms with Crippen molar-refractivity contribution in [2.24, 2.45) is 5.92 Å². The second-order valence-electron chi connectivity index (χ2n) is 17.5. The maximum atomic E-state index is 14.1. The van der Waals surface area contributed by atoms with Crippen LogP contribution >= 0.6 is 11.3 Å². The molecule has 1 saturated heterocycles. The summed E-state index contributed by atoms with van der Waals surface area (Å²) < 4.78 is 7.40. The number of phenols is 1. The van der Waals surface area contributed by atoms with Gasteiger partial charge in [-0.15, -0.1) is 21.5 Å². The maximum absolute atomic E-state index is 14.1. The first-order chi connectivity index (χ1) is 31.9. The number of aliphatic hydroxyl groups excluding tert-OH is 1. The molecule has 0 bridgehead atoms. The summed E-state index contributed by atoms with van der Waals surface area (Å²) in [5.74, 6) is -0.919. The highest BCUT2D eigenvalue weighted by Gasteiger charge is 2.43. The van der Waals surface area contributed by atoms with Gasteiger partial charge in [-0.25, -0.2) is 4.98 Å². The second-order valence-corrected chi connectivity index (χ2v) is 18.4. The number of aliphatic hydroxyl groups is 1. The number of carbonyl (C=O) groups excluding carboxylic acids is 3. The number of unbranched alkanes of at least 4 members (excludes halogenated alkanes) is 6. The Hall–Kier alpha value is -6.46. The fourth-order valence-electron chi connectivity index (χ4n) is 8.56. The van der Waals surface area contributed by atoms with Crippen molar-refractivity contribution in [3.63, 3.8) is 0 Å². The third kappa shape index (κ3) is 11.9. The summed E-state index contributed by atoms with van der Waals surface area (Å²) in [7, 11) is 0. The van der Waals surface area contributed by atoms with E-state index >= 15 is 0 Å². The second kappa shape index (κ2) is 22.2. The third-order valence-electron chi connectivity index (χ3n) is 12.1. The number of likely N-dealkylation sites (tertiary alicyclic amines) is 1. The zero-order chi connectivity index (χ0) is 46.7. The molecule has 7 rings (SSSR count). The van der Waals surface area contributed by atoms with Crippen LogP contribution in [0.15, 0.2) is 83.1 Å². The molecule has 4 unspecified atom stereocenters. The van der Waals surface area contributed by atoms with Crippen LogP contribution in [-0.4, -0.2) is 88.2 Å². The molecule has 6 N–H and O–H groups in total. The number of nitrogen functional groups attached to an aromatic ring is 1. The minimum atomic E-state index is -0.928. The lowest BCUT2D eigenvalue weighted by atomic mass is 9.91. The molecule has 4 atom stereocenters. The van der Waals surface area contributed by atoms with Gasteiger partial charge in [0.2, 0.25) is 17.7 Å². The Kier molecular flexibility index (Phi) is 15.9. The first kappa shape index (κ1) is 47.5. The Morgan fingerprint density at radius 3 is 2.38 bits per heavy atom. The number of nitrogens with two attached hydrogens (primary N) is 1. The lowest BCUT2D eigenvalue weighted by Gasteiger charge is -2.30. The first-order valence-electron chi connectivity index (χ1n) is 22.8. The highest BCUT2D eigenvalue weighted by atomic mass is 32.1. The van der Waals surface area contributed by atoms with Crippen molar-refractivity contribution in [2.45, 2.75) is 116 Å². The number of para-hydroxylation sites is 1. The zero-order valence-electron chi connectivity index (χ0n) is 38.0. The number of thiazole rings is 1. The molecule has 0 saturated carbocycles. The number of β-amino-alcohol motifs (C(OH)–C–C–N with tert-alkyl or cyclic N) is 1. The first-order valence-corrected chi connectivity index (χ1v) is 23.7. The molecule has 66 heavy (non-hydrogen) atoms. The fraction of sp³-hybridized carbons (Fsp3) is 0.429. The molecule has 16 nitrogen and oxygen atoms in total. The quantitative estimate of drug-likeness (QED) is 0.0442. The van der Waals surface area contributed by atoms with E-state index in [1.54, 1.807) is 54.2 Å². The standard InChI is InChI=1S/C49H60N10O6S/c1-30(2)45(43-22-31(3)57-65-43)49(64)59-28-36(60)23-41(59)48(63)54-39(33-16-18-34(19-17-33)46-32(4)52-29-66-46)25-44(62)51-20-12-8-6-5-7-9-13-21-58-27-35(26-53-58)38-24-40(55-56-47(38)50)37-14-10-11-15-42(37)61/h10-11,14-19,22,24,26-27,29-30,36,39,41,45,60-61H,5-9,12-13,20-21,23,25,28H2,1-4H3,(H2,50,56)(H,51,62)(H,54,63). The van der Waals surface area contributed by atoms with Gasteiger partial charge < -0.3 is 36.0 Å². The van der Waals surface area contributed by atoms with Gasteiger partial charge in [0, 0.05) is 55.0 Å². The predicted octanol–water partition coefficient (Wildman–Crippen LogP) is 7.52. The van der Waals surface area contributed by atoms with Gasteiger partial charge in [-0.3, -0.25) is 19.1 Å². The molecule has 348 valence electrons. The third-order valence-corrected chi connectivity index (χ3v) is 13.1. The number of nitrogens with one attached hydrogen (secondary N) is 2. The topological polar surface area (TPSA) is 228 Å². The van der Waals surface area contributed by atoms with Crippen LogP contribution in [0.4, 0.5) is 5.82 Å². The van der Waals surface area contributed by atoms with Crippen LogP contribution in [0, 0.1) is 19.8 Å². The average molecular weight is 917 g/mol. The van der Waals surface area contributed by atoms with E-state index in [-0.39, 0.29) is 42.9 Å². The van der Waals surface area contributed by atoms with E-state index in [2.05, 4.69) is 36.1 Å². The maximum Gasteiger partial charge on any atom is 0.243 e. The molecular weight excluding hydrogens is 857 g/mol. The number of hydrogen-bond donors (Lipinski definition) is 5. The molecule has 0 spiro atoms. The van der Waals surface area contributed by atoms with Gasteiger partial charge in [0.05, 0.1) is 52.2 Å². The normalized spacial score (nSPS) is 15.8. The fourth-order valence-corrected chi connectivity index (χ4v) is 9.37. The molecule has 1 fully saturated rings. The highest BCUT2D eigenvalue weighted by molar-refractivity contribution is 7.13. The van der Waals surface area contributed by atoms with Crippen LogP contribution in [0.5, 0.6) is 5.75 Å². The van der Waals surface area contributed by atoms with E-state index in [1.165, 1.54) is 4.90 Å². The number of aryl methyl sites for hydroxylation is 3. The summed E-state index contributed by atoms with van der Waals surface area (Å²) >= 11 is 1.55. The van der Waals surface area contributed by atoms with Gasteiger partial charge in [0.25, 0.3) is 0 Å². The number of amides is 3. The average Bonchev–Trinajstić information content (AvgIpc) is 4.13. The summed E-state index contributed by atoms with van der Waals surface area (Å²) in [4.78, 5) is 48.5. The molecule has 0 radical (unpaired) electrons. The van der Waals surface area contributed by atoms with Gasteiger partial charge in [-0.1, -0.05) is 87.5 Å². The summed E-state index contributed by atoms with van der Waals surface area (Å²) in [5.41, 5.74) is 14.0. The minimum Gasteiger partial charge on any atom is -0.507 e. The van der Waals surface area contributed by atoms with E-state index in [9.17, 15) is 24.6 Å². The van der Waals surface area contributed by atoms with Crippen molar-refractivity contribution in [2.75, 3.05) is 18.8 Å². The Labute approximate surface area is 389 Å². The number of nitrogens with zero attached hydrogens (tertiary/aromatic N) is 7. The molecule has 3 amide bonds. The number of hydrogen-bond acceptors (Lipinski definition) is 13. The number of anilines is 1. The molecule has 0 aliphatic carbocycles. The Morgan fingerprint density at radius 1 is 0.939 bits per heavy atom. The van der Waals surface area contributed by atoms with Crippen LogP contribution in [0.1, 0.15) is 106 Å². The van der Waals surface area contributed by atoms with E-state index < -0.39 is 30.0 Å². The van der Waals surface area contributed by atoms with Gasteiger partial charge in [-0.2, -0.15) is 5.10 Å². The Balaban J connectivity index is 0.871. The van der Waals surface area contributed by atoms with Crippen LogP contribution < -0.4 is 16.4 Å². The van der Waals surface area contributed by atoms with Crippen LogP contribution in [0.2, 0.25) is 0 Å². The summed E-state index contributed by atoms with van der Waals surface area (Å²) in [6, 6.07) is 16.7.